The zero-order chi connectivity index (χ0) is 14.7. The smallest absolute Gasteiger partial charge is 0.279 e. The first-order valence-corrected chi connectivity index (χ1v) is 6.32. The first-order chi connectivity index (χ1) is 10.2. The second-order valence-electron chi connectivity index (χ2n) is 4.44. The number of nitrogens with zero attached hydrogens (tertiary/aromatic N) is 3. The molecular formula is C15H12N4O2. The Labute approximate surface area is 120 Å². The van der Waals surface area contributed by atoms with Gasteiger partial charge in [0.05, 0.1) is 6.20 Å². The summed E-state index contributed by atoms with van der Waals surface area (Å²) in [5.74, 6) is 0.400. The number of anilines is 1. The van der Waals surface area contributed by atoms with Gasteiger partial charge in [-0.25, -0.2) is 9.97 Å². The minimum Gasteiger partial charge on any atom is -0.443 e. The van der Waals surface area contributed by atoms with Crippen LogP contribution in [-0.4, -0.2) is 20.9 Å². The second kappa shape index (κ2) is 5.54. The molecule has 6 nitrogen and oxygen atoms in total. The monoisotopic (exact) mass is 280 g/mol. The van der Waals surface area contributed by atoms with E-state index in [1.165, 1.54) is 25.0 Å². The molecule has 2 heterocycles. The summed E-state index contributed by atoms with van der Waals surface area (Å²) >= 11 is 0. The van der Waals surface area contributed by atoms with E-state index in [4.69, 9.17) is 4.42 Å². The van der Waals surface area contributed by atoms with E-state index in [1.54, 1.807) is 0 Å². The molecule has 104 valence electrons. The van der Waals surface area contributed by atoms with E-state index in [-0.39, 0.29) is 11.6 Å². The van der Waals surface area contributed by atoms with Gasteiger partial charge >= 0.3 is 0 Å². The van der Waals surface area contributed by atoms with Crippen LogP contribution >= 0.6 is 0 Å². The number of rotatable bonds is 3. The van der Waals surface area contributed by atoms with E-state index < -0.39 is 0 Å². The van der Waals surface area contributed by atoms with Crippen molar-refractivity contribution in [1.29, 1.82) is 0 Å². The summed E-state index contributed by atoms with van der Waals surface area (Å²) in [5.41, 5.74) is 2.13. The molecule has 0 saturated carbocycles. The molecule has 0 bridgehead atoms. The highest BCUT2D eigenvalue weighted by atomic mass is 16.3. The summed E-state index contributed by atoms with van der Waals surface area (Å²) in [5, 5.41) is 2.63. The number of nitrogens with one attached hydrogen (secondary N) is 1. The van der Waals surface area contributed by atoms with Gasteiger partial charge in [-0.1, -0.05) is 29.8 Å². The lowest BCUT2D eigenvalue weighted by Crippen LogP contribution is -2.14. The van der Waals surface area contributed by atoms with Crippen molar-refractivity contribution in [3.05, 3.63) is 60.5 Å². The fourth-order valence-electron chi connectivity index (χ4n) is 1.86. The molecule has 6 heteroatoms. The minimum absolute atomic E-state index is 0.213. The van der Waals surface area contributed by atoms with Crippen LogP contribution in [-0.2, 0) is 0 Å². The Morgan fingerprint density at radius 1 is 1.14 bits per heavy atom. The van der Waals surface area contributed by atoms with Crippen LogP contribution in [0.15, 0.2) is 53.7 Å². The van der Waals surface area contributed by atoms with Crippen LogP contribution in [0.2, 0.25) is 0 Å². The summed E-state index contributed by atoms with van der Waals surface area (Å²) < 4.78 is 5.34. The van der Waals surface area contributed by atoms with Gasteiger partial charge < -0.3 is 9.73 Å². The molecule has 2 aromatic heterocycles. The average Bonchev–Trinajstić information content (AvgIpc) is 2.98. The molecule has 1 aromatic carbocycles. The molecule has 0 aliphatic rings. The van der Waals surface area contributed by atoms with Gasteiger partial charge in [0.1, 0.15) is 0 Å². The number of benzene rings is 1. The molecular weight excluding hydrogens is 268 g/mol. The van der Waals surface area contributed by atoms with Crippen molar-refractivity contribution >= 4 is 11.7 Å². The number of oxazole rings is 1. The Balaban J connectivity index is 1.88. The lowest BCUT2D eigenvalue weighted by atomic mass is 10.1. The molecule has 1 N–H and O–H groups in total. The molecule has 3 aromatic rings. The first-order valence-electron chi connectivity index (χ1n) is 6.32. The maximum Gasteiger partial charge on any atom is 0.279 e. The first kappa shape index (κ1) is 13.0. The third-order valence-corrected chi connectivity index (χ3v) is 2.90. The quantitative estimate of drug-likeness (QED) is 0.797. The summed E-state index contributed by atoms with van der Waals surface area (Å²) in [4.78, 5) is 24.1. The van der Waals surface area contributed by atoms with E-state index in [1.807, 2.05) is 31.2 Å². The highest BCUT2D eigenvalue weighted by molar-refractivity contribution is 6.05. The van der Waals surface area contributed by atoms with Gasteiger partial charge in [-0.15, -0.1) is 0 Å². The molecule has 0 saturated heterocycles. The maximum absolute atomic E-state index is 12.2. The van der Waals surface area contributed by atoms with Gasteiger partial charge in [0.25, 0.3) is 5.91 Å². The predicted molar refractivity (Wildman–Crippen MR) is 76.7 cm³/mol. The van der Waals surface area contributed by atoms with Gasteiger partial charge in [0.15, 0.2) is 23.7 Å². The number of hydrogen-bond donors (Lipinski definition) is 1. The fourth-order valence-corrected chi connectivity index (χ4v) is 1.86. The third-order valence-electron chi connectivity index (χ3n) is 2.90. The summed E-state index contributed by atoms with van der Waals surface area (Å²) in [6.45, 7) is 1.99. The summed E-state index contributed by atoms with van der Waals surface area (Å²) in [6.07, 6.45) is 5.74. The summed E-state index contributed by atoms with van der Waals surface area (Å²) in [6, 6.07) is 7.66. The van der Waals surface area contributed by atoms with Crippen LogP contribution in [0.25, 0.3) is 11.3 Å². The maximum atomic E-state index is 12.2. The SMILES string of the molecule is Cc1ccc(-c2ocnc2C(=O)Nc2cnccn2)cc1. The van der Waals surface area contributed by atoms with Crippen molar-refractivity contribution in [3.63, 3.8) is 0 Å². The van der Waals surface area contributed by atoms with Crippen molar-refractivity contribution in [3.8, 4) is 11.3 Å². The molecule has 1 amide bonds. The molecule has 0 fully saturated rings. The molecule has 0 atom stereocenters. The molecule has 0 unspecified atom stereocenters. The Morgan fingerprint density at radius 2 is 1.95 bits per heavy atom. The van der Waals surface area contributed by atoms with Crippen molar-refractivity contribution in [2.75, 3.05) is 5.32 Å². The van der Waals surface area contributed by atoms with E-state index in [9.17, 15) is 4.79 Å². The lowest BCUT2D eigenvalue weighted by Gasteiger charge is -2.03. The van der Waals surface area contributed by atoms with E-state index in [2.05, 4.69) is 20.3 Å². The molecule has 0 spiro atoms. The van der Waals surface area contributed by atoms with Crippen molar-refractivity contribution in [2.45, 2.75) is 6.92 Å². The van der Waals surface area contributed by atoms with Crippen LogP contribution < -0.4 is 5.32 Å². The van der Waals surface area contributed by atoms with E-state index in [0.717, 1.165) is 11.1 Å². The van der Waals surface area contributed by atoms with Crippen LogP contribution in [0, 0.1) is 6.92 Å². The number of aryl methyl sites for hydroxylation is 1. The number of aromatic nitrogens is 3. The number of hydrogen-bond acceptors (Lipinski definition) is 5. The van der Waals surface area contributed by atoms with Crippen LogP contribution in [0.3, 0.4) is 0 Å². The zero-order valence-corrected chi connectivity index (χ0v) is 11.3. The van der Waals surface area contributed by atoms with Crippen LogP contribution in [0.5, 0.6) is 0 Å². The van der Waals surface area contributed by atoms with Gasteiger partial charge in [0, 0.05) is 18.0 Å². The predicted octanol–water partition coefficient (Wildman–Crippen LogP) is 2.69. The van der Waals surface area contributed by atoms with E-state index in [0.29, 0.717) is 11.6 Å². The Morgan fingerprint density at radius 3 is 2.67 bits per heavy atom. The van der Waals surface area contributed by atoms with Gasteiger partial charge in [-0.2, -0.15) is 0 Å². The van der Waals surface area contributed by atoms with Crippen LogP contribution in [0.1, 0.15) is 16.1 Å². The molecule has 3 rings (SSSR count). The normalized spacial score (nSPS) is 10.3. The van der Waals surface area contributed by atoms with Crippen molar-refractivity contribution in [1.82, 2.24) is 15.0 Å². The van der Waals surface area contributed by atoms with Crippen molar-refractivity contribution in [2.24, 2.45) is 0 Å². The zero-order valence-electron chi connectivity index (χ0n) is 11.3. The fraction of sp³-hybridized carbons (Fsp3) is 0.0667. The largest absolute Gasteiger partial charge is 0.443 e. The molecule has 0 radical (unpaired) electrons. The second-order valence-corrected chi connectivity index (χ2v) is 4.44. The lowest BCUT2D eigenvalue weighted by molar-refractivity contribution is 0.102. The Hall–Kier alpha value is -3.02. The van der Waals surface area contributed by atoms with E-state index >= 15 is 0 Å². The van der Waals surface area contributed by atoms with Crippen LogP contribution in [0.4, 0.5) is 5.82 Å². The number of carbonyl (C=O) groups is 1. The number of amides is 1. The third kappa shape index (κ3) is 2.79. The Bertz CT molecular complexity index is 751. The highest BCUT2D eigenvalue weighted by Crippen LogP contribution is 2.23. The topological polar surface area (TPSA) is 80.9 Å². The Kier molecular flexibility index (Phi) is 3.42. The van der Waals surface area contributed by atoms with Gasteiger partial charge in [-0.05, 0) is 6.92 Å². The van der Waals surface area contributed by atoms with Crippen molar-refractivity contribution < 1.29 is 9.21 Å². The van der Waals surface area contributed by atoms with Gasteiger partial charge in [0.2, 0.25) is 0 Å². The average molecular weight is 280 g/mol. The number of carbonyl (C=O) groups excluding carboxylic acids is 1. The highest BCUT2D eigenvalue weighted by Gasteiger charge is 2.18. The molecule has 0 aliphatic heterocycles. The van der Waals surface area contributed by atoms with Gasteiger partial charge in [-0.3, -0.25) is 9.78 Å². The minimum atomic E-state index is -0.389. The molecule has 0 aliphatic carbocycles. The molecule has 21 heavy (non-hydrogen) atoms. The summed E-state index contributed by atoms with van der Waals surface area (Å²) in [7, 11) is 0. The standard InChI is InChI=1S/C15H12N4O2/c1-10-2-4-11(5-3-10)14-13(18-9-21-14)15(20)19-12-8-16-6-7-17-12/h2-9H,1H3,(H,17,19,20).